The molecule has 0 spiro atoms. The molecule has 25 heavy (non-hydrogen) atoms. The molecule has 1 saturated heterocycles. The molecule has 1 aliphatic rings. The van der Waals surface area contributed by atoms with Gasteiger partial charge >= 0.3 is 0 Å². The van der Waals surface area contributed by atoms with Crippen molar-refractivity contribution in [3.05, 3.63) is 57.8 Å². The first kappa shape index (κ1) is 18.1. The van der Waals surface area contributed by atoms with Crippen LogP contribution in [-0.2, 0) is 9.53 Å². The first-order valence-corrected chi connectivity index (χ1v) is 9.56. The van der Waals surface area contributed by atoms with Gasteiger partial charge in [0, 0.05) is 17.0 Å². The molecule has 1 N–H and O–H groups in total. The van der Waals surface area contributed by atoms with E-state index < -0.39 is 0 Å². The fraction of sp³-hybridized carbons (Fsp3) is 0.450. The normalized spacial score (nSPS) is 18.7. The second kappa shape index (κ2) is 7.68. The number of carbonyl (C=O) groups excluding carboxylic acids is 1. The highest BCUT2D eigenvalue weighted by Gasteiger charge is 2.32. The number of nitrogens with zero attached hydrogens (tertiary/aromatic N) is 1. The zero-order valence-corrected chi connectivity index (χ0v) is 15.9. The van der Waals surface area contributed by atoms with Crippen molar-refractivity contribution in [1.82, 2.24) is 10.2 Å². The average Bonchev–Trinajstić information content (AvgIpc) is 3.10. The van der Waals surface area contributed by atoms with Crippen LogP contribution >= 0.6 is 11.3 Å². The lowest BCUT2D eigenvalue weighted by atomic mass is 10.0. The minimum Gasteiger partial charge on any atom is -0.378 e. The minimum atomic E-state index is -0.113. The summed E-state index contributed by atoms with van der Waals surface area (Å²) in [7, 11) is 0. The lowest BCUT2D eigenvalue weighted by Crippen LogP contribution is -2.55. The van der Waals surface area contributed by atoms with Crippen molar-refractivity contribution in [3.63, 3.8) is 0 Å². The van der Waals surface area contributed by atoms with Crippen molar-refractivity contribution in [1.29, 1.82) is 0 Å². The molecule has 0 radical (unpaired) electrons. The number of amides is 1. The number of thiophene rings is 1. The molecule has 0 bridgehead atoms. The topological polar surface area (TPSA) is 41.6 Å². The summed E-state index contributed by atoms with van der Waals surface area (Å²) in [5.41, 5.74) is 2.22. The Morgan fingerprint density at radius 3 is 2.72 bits per heavy atom. The summed E-state index contributed by atoms with van der Waals surface area (Å²) in [5, 5.41) is 5.28. The molecule has 0 saturated carbocycles. The molecule has 1 amide bonds. The summed E-state index contributed by atoms with van der Waals surface area (Å²) in [4.78, 5) is 16.1. The maximum atomic E-state index is 12.8. The van der Waals surface area contributed by atoms with Crippen LogP contribution in [0.1, 0.15) is 35.9 Å². The number of carbonyl (C=O) groups is 1. The second-order valence-corrected chi connectivity index (χ2v) is 8.19. The van der Waals surface area contributed by atoms with Gasteiger partial charge in [-0.25, -0.2) is 0 Å². The first-order chi connectivity index (χ1) is 12.0. The van der Waals surface area contributed by atoms with Crippen molar-refractivity contribution in [3.8, 4) is 0 Å². The molecule has 2 heterocycles. The van der Waals surface area contributed by atoms with E-state index in [1.165, 1.54) is 5.56 Å². The zero-order chi connectivity index (χ0) is 17.9. The van der Waals surface area contributed by atoms with Gasteiger partial charge < -0.3 is 10.1 Å². The number of hydrogen-bond acceptors (Lipinski definition) is 4. The van der Waals surface area contributed by atoms with E-state index in [0.29, 0.717) is 19.8 Å². The Hall–Kier alpha value is -1.69. The summed E-state index contributed by atoms with van der Waals surface area (Å²) in [6.07, 6.45) is 0. The van der Waals surface area contributed by atoms with Crippen LogP contribution in [-0.4, -0.2) is 42.6 Å². The number of nitrogens with one attached hydrogen (secondary N) is 1. The average molecular weight is 359 g/mol. The molecule has 1 unspecified atom stereocenters. The lowest BCUT2D eigenvalue weighted by Gasteiger charge is -2.41. The monoisotopic (exact) mass is 358 g/mol. The quantitative estimate of drug-likeness (QED) is 0.891. The third-order valence-electron chi connectivity index (χ3n) is 4.70. The number of aryl methyl sites for hydroxylation is 1. The Balaban J connectivity index is 1.74. The van der Waals surface area contributed by atoms with Gasteiger partial charge in [-0.3, -0.25) is 9.69 Å². The molecule has 134 valence electrons. The number of rotatable bonds is 5. The molecule has 1 aromatic heterocycles. The van der Waals surface area contributed by atoms with Gasteiger partial charge in [0.05, 0.1) is 25.8 Å². The second-order valence-electron chi connectivity index (χ2n) is 7.21. The van der Waals surface area contributed by atoms with E-state index >= 15 is 0 Å². The largest absolute Gasteiger partial charge is 0.378 e. The Bertz CT molecular complexity index is 695. The summed E-state index contributed by atoms with van der Waals surface area (Å²) < 4.78 is 5.55. The highest BCUT2D eigenvalue weighted by atomic mass is 32.1. The molecule has 3 rings (SSSR count). The zero-order valence-electron chi connectivity index (χ0n) is 15.1. The first-order valence-electron chi connectivity index (χ1n) is 8.68. The SMILES string of the molecule is Cc1ccc(C(NC(=O)CN2CCOCC2(C)C)c2cccs2)cc1. The van der Waals surface area contributed by atoms with E-state index in [9.17, 15) is 4.79 Å². The molecule has 0 aliphatic carbocycles. The number of ether oxygens (including phenoxy) is 1. The predicted octanol–water partition coefficient (Wildman–Crippen LogP) is 3.37. The van der Waals surface area contributed by atoms with E-state index in [0.717, 1.165) is 17.0 Å². The molecular formula is C20H26N2O2S. The molecule has 4 nitrogen and oxygen atoms in total. The van der Waals surface area contributed by atoms with E-state index in [1.54, 1.807) is 11.3 Å². The van der Waals surface area contributed by atoms with Crippen molar-refractivity contribution in [2.45, 2.75) is 32.4 Å². The summed E-state index contributed by atoms with van der Waals surface area (Å²) in [6.45, 7) is 8.84. The van der Waals surface area contributed by atoms with E-state index in [-0.39, 0.29) is 17.5 Å². The van der Waals surface area contributed by atoms with E-state index in [2.05, 4.69) is 61.3 Å². The van der Waals surface area contributed by atoms with Gasteiger partial charge in [0.15, 0.2) is 0 Å². The van der Waals surface area contributed by atoms with Gasteiger partial charge in [0.25, 0.3) is 0 Å². The van der Waals surface area contributed by atoms with Crippen LogP contribution in [0.4, 0.5) is 0 Å². The molecule has 2 aromatic rings. The number of hydrogen-bond donors (Lipinski definition) is 1. The summed E-state index contributed by atoms with van der Waals surface area (Å²) in [6, 6.07) is 12.4. The van der Waals surface area contributed by atoms with Crippen LogP contribution in [0.25, 0.3) is 0 Å². The van der Waals surface area contributed by atoms with Crippen molar-refractivity contribution in [2.24, 2.45) is 0 Å². The molecule has 5 heteroatoms. The van der Waals surface area contributed by atoms with Crippen molar-refractivity contribution < 1.29 is 9.53 Å². The van der Waals surface area contributed by atoms with Gasteiger partial charge in [-0.2, -0.15) is 0 Å². The fourth-order valence-electron chi connectivity index (χ4n) is 3.10. The smallest absolute Gasteiger partial charge is 0.234 e. The highest BCUT2D eigenvalue weighted by molar-refractivity contribution is 7.10. The van der Waals surface area contributed by atoms with Crippen LogP contribution in [0.3, 0.4) is 0 Å². The number of benzene rings is 1. The van der Waals surface area contributed by atoms with Gasteiger partial charge in [0.1, 0.15) is 0 Å². The Labute approximate surface area is 153 Å². The van der Waals surface area contributed by atoms with Crippen LogP contribution < -0.4 is 5.32 Å². The van der Waals surface area contributed by atoms with Crippen molar-refractivity contribution in [2.75, 3.05) is 26.3 Å². The van der Waals surface area contributed by atoms with Crippen LogP contribution in [0.5, 0.6) is 0 Å². The Kier molecular flexibility index (Phi) is 5.57. The van der Waals surface area contributed by atoms with Gasteiger partial charge in [-0.05, 0) is 37.8 Å². The summed E-state index contributed by atoms with van der Waals surface area (Å²) in [5.74, 6) is 0.0500. The standard InChI is InChI=1S/C20H26N2O2S/c1-15-6-8-16(9-7-15)19(17-5-4-12-25-17)21-18(23)13-22-10-11-24-14-20(22,2)3/h4-9,12,19H,10-11,13-14H2,1-3H3,(H,21,23). The maximum Gasteiger partial charge on any atom is 0.234 e. The molecule has 1 aromatic carbocycles. The third-order valence-corrected chi connectivity index (χ3v) is 5.63. The predicted molar refractivity (Wildman–Crippen MR) is 102 cm³/mol. The Morgan fingerprint density at radius 2 is 2.08 bits per heavy atom. The maximum absolute atomic E-state index is 12.8. The van der Waals surface area contributed by atoms with Gasteiger partial charge in [-0.1, -0.05) is 35.9 Å². The summed E-state index contributed by atoms with van der Waals surface area (Å²) >= 11 is 1.67. The highest BCUT2D eigenvalue weighted by Crippen LogP contribution is 2.26. The molecule has 1 atom stereocenters. The Morgan fingerprint density at radius 1 is 1.32 bits per heavy atom. The third kappa shape index (κ3) is 4.48. The molecular weight excluding hydrogens is 332 g/mol. The number of morpholine rings is 1. The van der Waals surface area contributed by atoms with E-state index in [1.807, 2.05) is 11.4 Å². The lowest BCUT2D eigenvalue weighted by molar-refractivity contribution is -0.127. The van der Waals surface area contributed by atoms with Crippen LogP contribution in [0, 0.1) is 6.92 Å². The molecule has 1 fully saturated rings. The van der Waals surface area contributed by atoms with Crippen LogP contribution in [0.2, 0.25) is 0 Å². The molecule has 1 aliphatic heterocycles. The van der Waals surface area contributed by atoms with Gasteiger partial charge in [0.2, 0.25) is 5.91 Å². The minimum absolute atomic E-state index is 0.0500. The van der Waals surface area contributed by atoms with Crippen LogP contribution in [0.15, 0.2) is 41.8 Å². The fourth-order valence-corrected chi connectivity index (χ4v) is 3.90. The van der Waals surface area contributed by atoms with Gasteiger partial charge in [-0.15, -0.1) is 11.3 Å². The van der Waals surface area contributed by atoms with E-state index in [4.69, 9.17) is 4.74 Å². The van der Waals surface area contributed by atoms with Crippen molar-refractivity contribution >= 4 is 17.2 Å².